The molecule has 1 aliphatic carbocycles. The molecule has 1 saturated carbocycles. The predicted molar refractivity (Wildman–Crippen MR) is 80.5 cm³/mol. The lowest BCUT2D eigenvalue weighted by Gasteiger charge is -2.34. The van der Waals surface area contributed by atoms with Crippen LogP contribution in [-0.2, 0) is 4.79 Å². The van der Waals surface area contributed by atoms with Crippen molar-refractivity contribution in [2.75, 3.05) is 13.1 Å². The van der Waals surface area contributed by atoms with Crippen LogP contribution in [0, 0.1) is 11.8 Å². The Bertz CT molecular complexity index is 563. The van der Waals surface area contributed by atoms with E-state index in [0.29, 0.717) is 31.2 Å². The molecule has 3 rings (SSSR count). The van der Waals surface area contributed by atoms with Crippen LogP contribution in [0.2, 0.25) is 0 Å². The van der Waals surface area contributed by atoms with E-state index in [1.54, 1.807) is 17.2 Å². The second-order valence-electron chi connectivity index (χ2n) is 6.69. The maximum absolute atomic E-state index is 12.8. The lowest BCUT2D eigenvalue weighted by molar-refractivity contribution is -0.143. The Morgan fingerprint density at radius 1 is 1.27 bits per heavy atom. The topological polar surface area (TPSA) is 75.4 Å². The summed E-state index contributed by atoms with van der Waals surface area (Å²) < 4.78 is 1.85. The van der Waals surface area contributed by atoms with Crippen molar-refractivity contribution >= 4 is 11.9 Å². The number of carboxylic acid groups (broad SMARTS) is 1. The number of aliphatic carboxylic acids is 1. The normalized spacial score (nSPS) is 26.3. The van der Waals surface area contributed by atoms with Crippen LogP contribution in [0.3, 0.4) is 0 Å². The lowest BCUT2D eigenvalue weighted by Crippen LogP contribution is -2.46. The summed E-state index contributed by atoms with van der Waals surface area (Å²) in [7, 11) is 0. The Labute approximate surface area is 130 Å². The van der Waals surface area contributed by atoms with Gasteiger partial charge in [0.15, 0.2) is 0 Å². The van der Waals surface area contributed by atoms with E-state index in [1.807, 2.05) is 11.6 Å². The fourth-order valence-corrected chi connectivity index (χ4v) is 3.78. The van der Waals surface area contributed by atoms with E-state index in [2.05, 4.69) is 5.10 Å². The zero-order valence-corrected chi connectivity index (χ0v) is 12.9. The van der Waals surface area contributed by atoms with Crippen LogP contribution in [0.1, 0.15) is 55.6 Å². The lowest BCUT2D eigenvalue weighted by atomic mass is 9.90. The molecule has 1 saturated heterocycles. The van der Waals surface area contributed by atoms with Crippen molar-refractivity contribution in [2.24, 2.45) is 11.8 Å². The highest BCUT2D eigenvalue weighted by Crippen LogP contribution is 2.30. The maximum atomic E-state index is 12.8. The van der Waals surface area contributed by atoms with Gasteiger partial charge in [0.1, 0.15) is 5.69 Å². The minimum absolute atomic E-state index is 0.0813. The third-order valence-electron chi connectivity index (χ3n) is 4.86. The summed E-state index contributed by atoms with van der Waals surface area (Å²) in [5, 5.41) is 13.6. The molecule has 1 aromatic rings. The fraction of sp³-hybridized carbons (Fsp3) is 0.688. The molecule has 2 atom stereocenters. The highest BCUT2D eigenvalue weighted by Gasteiger charge is 2.34. The van der Waals surface area contributed by atoms with Gasteiger partial charge in [-0.25, -0.2) is 0 Å². The standard InChI is InChI=1S/C16H23N3O3/c1-11-8-12(16(21)22)10-18(9-11)15(20)14-6-7-17-19(14)13-4-2-3-5-13/h6-7,11-13H,2-5,8-10H2,1H3,(H,21,22). The van der Waals surface area contributed by atoms with Crippen LogP contribution in [0.4, 0.5) is 0 Å². The van der Waals surface area contributed by atoms with Crippen LogP contribution < -0.4 is 0 Å². The highest BCUT2D eigenvalue weighted by molar-refractivity contribution is 5.93. The van der Waals surface area contributed by atoms with Gasteiger partial charge in [-0.3, -0.25) is 14.3 Å². The molecule has 2 heterocycles. The van der Waals surface area contributed by atoms with E-state index >= 15 is 0 Å². The molecule has 0 aromatic carbocycles. The minimum atomic E-state index is -0.811. The van der Waals surface area contributed by atoms with Crippen molar-refractivity contribution in [3.05, 3.63) is 18.0 Å². The summed E-state index contributed by atoms with van der Waals surface area (Å²) in [5.41, 5.74) is 0.602. The zero-order chi connectivity index (χ0) is 15.7. The van der Waals surface area contributed by atoms with E-state index in [0.717, 1.165) is 12.8 Å². The number of nitrogens with zero attached hydrogens (tertiary/aromatic N) is 3. The second kappa shape index (κ2) is 6.10. The molecule has 2 aliphatic rings. The number of likely N-dealkylation sites (tertiary alicyclic amines) is 1. The van der Waals surface area contributed by atoms with Crippen LogP contribution >= 0.6 is 0 Å². The third kappa shape index (κ3) is 2.87. The molecule has 0 bridgehead atoms. The number of carbonyl (C=O) groups is 2. The first kappa shape index (κ1) is 15.1. The van der Waals surface area contributed by atoms with Crippen molar-refractivity contribution < 1.29 is 14.7 Å². The molecule has 1 aromatic heterocycles. The van der Waals surface area contributed by atoms with Gasteiger partial charge in [0.05, 0.1) is 12.0 Å². The molecule has 1 N–H and O–H groups in total. The van der Waals surface area contributed by atoms with Gasteiger partial charge in [0, 0.05) is 19.3 Å². The number of carboxylic acids is 1. The third-order valence-corrected chi connectivity index (χ3v) is 4.86. The van der Waals surface area contributed by atoms with Gasteiger partial charge in [-0.05, 0) is 31.2 Å². The Kier molecular flexibility index (Phi) is 4.18. The summed E-state index contributed by atoms with van der Waals surface area (Å²) in [5.74, 6) is -1.15. The molecular weight excluding hydrogens is 282 g/mol. The SMILES string of the molecule is CC1CC(C(=O)O)CN(C(=O)c2ccnn2C2CCCC2)C1. The molecule has 2 unspecified atom stereocenters. The van der Waals surface area contributed by atoms with Crippen molar-refractivity contribution in [3.63, 3.8) is 0 Å². The molecule has 0 radical (unpaired) electrons. The van der Waals surface area contributed by atoms with Gasteiger partial charge < -0.3 is 10.0 Å². The molecule has 1 amide bonds. The average molecular weight is 305 g/mol. The summed E-state index contributed by atoms with van der Waals surface area (Å²) in [6, 6.07) is 2.07. The van der Waals surface area contributed by atoms with Gasteiger partial charge in [-0.2, -0.15) is 5.10 Å². The molecule has 2 fully saturated rings. The first-order valence-electron chi connectivity index (χ1n) is 8.12. The number of piperidine rings is 1. The quantitative estimate of drug-likeness (QED) is 0.928. The van der Waals surface area contributed by atoms with Gasteiger partial charge in [0.25, 0.3) is 5.91 Å². The Hall–Kier alpha value is -1.85. The van der Waals surface area contributed by atoms with Crippen molar-refractivity contribution in [1.29, 1.82) is 0 Å². The number of aromatic nitrogens is 2. The minimum Gasteiger partial charge on any atom is -0.481 e. The average Bonchev–Trinajstić information content (AvgIpc) is 3.16. The Morgan fingerprint density at radius 3 is 2.68 bits per heavy atom. The summed E-state index contributed by atoms with van der Waals surface area (Å²) in [4.78, 5) is 25.8. The number of hydrogen-bond donors (Lipinski definition) is 1. The van der Waals surface area contributed by atoms with Gasteiger partial charge in [0.2, 0.25) is 0 Å². The molecular formula is C16H23N3O3. The first-order chi connectivity index (χ1) is 10.6. The van der Waals surface area contributed by atoms with Gasteiger partial charge in [-0.1, -0.05) is 19.8 Å². The van der Waals surface area contributed by atoms with E-state index in [4.69, 9.17) is 0 Å². The van der Waals surface area contributed by atoms with Crippen LogP contribution in [0.5, 0.6) is 0 Å². The predicted octanol–water partition coefficient (Wildman–Crippen LogP) is 2.18. The molecule has 6 heteroatoms. The summed E-state index contributed by atoms with van der Waals surface area (Å²) in [6.45, 7) is 2.93. The number of hydrogen-bond acceptors (Lipinski definition) is 3. The number of rotatable bonds is 3. The van der Waals surface area contributed by atoms with Crippen molar-refractivity contribution in [2.45, 2.75) is 45.1 Å². The van der Waals surface area contributed by atoms with Crippen molar-refractivity contribution in [1.82, 2.24) is 14.7 Å². The fourth-order valence-electron chi connectivity index (χ4n) is 3.78. The van der Waals surface area contributed by atoms with Crippen LogP contribution in [0.15, 0.2) is 12.3 Å². The maximum Gasteiger partial charge on any atom is 0.308 e. The smallest absolute Gasteiger partial charge is 0.308 e. The first-order valence-corrected chi connectivity index (χ1v) is 8.12. The van der Waals surface area contributed by atoms with Crippen LogP contribution in [0.25, 0.3) is 0 Å². The molecule has 120 valence electrons. The van der Waals surface area contributed by atoms with E-state index in [9.17, 15) is 14.7 Å². The van der Waals surface area contributed by atoms with Crippen LogP contribution in [-0.4, -0.2) is 44.8 Å². The Morgan fingerprint density at radius 2 is 2.00 bits per heavy atom. The largest absolute Gasteiger partial charge is 0.481 e. The van der Waals surface area contributed by atoms with E-state index in [1.165, 1.54) is 12.8 Å². The summed E-state index contributed by atoms with van der Waals surface area (Å²) in [6.07, 6.45) is 6.81. The highest BCUT2D eigenvalue weighted by atomic mass is 16.4. The molecule has 6 nitrogen and oxygen atoms in total. The Balaban J connectivity index is 1.78. The van der Waals surface area contributed by atoms with E-state index < -0.39 is 11.9 Å². The monoisotopic (exact) mass is 305 g/mol. The number of carbonyl (C=O) groups excluding carboxylic acids is 1. The summed E-state index contributed by atoms with van der Waals surface area (Å²) >= 11 is 0. The van der Waals surface area contributed by atoms with Gasteiger partial charge in [-0.15, -0.1) is 0 Å². The molecule has 22 heavy (non-hydrogen) atoms. The molecule has 1 aliphatic heterocycles. The van der Waals surface area contributed by atoms with Crippen molar-refractivity contribution in [3.8, 4) is 0 Å². The van der Waals surface area contributed by atoms with E-state index in [-0.39, 0.29) is 11.8 Å². The number of amides is 1. The second-order valence-corrected chi connectivity index (χ2v) is 6.69. The molecule has 0 spiro atoms. The zero-order valence-electron chi connectivity index (χ0n) is 12.9. The van der Waals surface area contributed by atoms with Gasteiger partial charge >= 0.3 is 5.97 Å².